The third-order valence-electron chi connectivity index (χ3n) is 6.39. The fourth-order valence-corrected chi connectivity index (χ4v) is 6.92. The first-order valence-electron chi connectivity index (χ1n) is 9.54. The molecule has 5 rings (SSSR count). The number of rotatable bonds is 2. The molecule has 2 aromatic rings. The highest BCUT2D eigenvalue weighted by atomic mass is 32.2. The summed E-state index contributed by atoms with van der Waals surface area (Å²) in [5.74, 6) is 0.744. The molecule has 1 amide bonds. The number of hydrogen-bond acceptors (Lipinski definition) is 5. The minimum Gasteiger partial charge on any atom is -0.318 e. The molecular weight excluding hydrogens is 364 g/mol. The van der Waals surface area contributed by atoms with Gasteiger partial charge in [0.1, 0.15) is 6.33 Å². The molecule has 2 heterocycles. The van der Waals surface area contributed by atoms with Crippen molar-refractivity contribution in [2.45, 2.75) is 49.1 Å². The Morgan fingerprint density at radius 3 is 2.67 bits per heavy atom. The number of carbonyl (C=O) groups excluding carboxylic acids is 1. The van der Waals surface area contributed by atoms with Crippen LogP contribution >= 0.6 is 0 Å². The lowest BCUT2D eigenvalue weighted by Crippen LogP contribution is -2.39. The first kappa shape index (κ1) is 16.9. The van der Waals surface area contributed by atoms with Gasteiger partial charge in [-0.05, 0) is 48.6 Å². The van der Waals surface area contributed by atoms with E-state index in [9.17, 15) is 13.2 Å². The number of benzene rings is 1. The van der Waals surface area contributed by atoms with E-state index in [-0.39, 0.29) is 22.4 Å². The van der Waals surface area contributed by atoms with Gasteiger partial charge in [-0.2, -0.15) is 4.68 Å². The van der Waals surface area contributed by atoms with Gasteiger partial charge in [0.05, 0.1) is 5.25 Å². The Balaban J connectivity index is 1.36. The Morgan fingerprint density at radius 2 is 1.93 bits per heavy atom. The Hall–Kier alpha value is -2.22. The molecule has 3 atom stereocenters. The minimum atomic E-state index is -3.58. The number of nitrogens with zero attached hydrogens (tertiary/aromatic N) is 4. The van der Waals surface area contributed by atoms with Gasteiger partial charge >= 0.3 is 6.03 Å². The van der Waals surface area contributed by atoms with E-state index < -0.39 is 9.84 Å². The molecule has 0 unspecified atom stereocenters. The first-order valence-corrected chi connectivity index (χ1v) is 11.1. The van der Waals surface area contributed by atoms with Crippen molar-refractivity contribution in [3.8, 4) is 0 Å². The molecule has 142 valence electrons. The molecule has 0 N–H and O–H groups in total. The molecule has 2 fully saturated rings. The summed E-state index contributed by atoms with van der Waals surface area (Å²) >= 11 is 0. The Labute approximate surface area is 158 Å². The van der Waals surface area contributed by atoms with Crippen LogP contribution in [0.5, 0.6) is 0 Å². The molecule has 27 heavy (non-hydrogen) atoms. The molecule has 3 aliphatic rings. The van der Waals surface area contributed by atoms with Crippen molar-refractivity contribution in [2.75, 3.05) is 6.54 Å². The fourth-order valence-electron chi connectivity index (χ4n) is 4.98. The lowest BCUT2D eigenvalue weighted by Gasteiger charge is -2.28. The summed E-state index contributed by atoms with van der Waals surface area (Å²) in [4.78, 5) is 18.5. The summed E-state index contributed by atoms with van der Waals surface area (Å²) in [6.07, 6.45) is 5.83. The number of sulfone groups is 1. The number of amides is 1. The highest BCUT2D eigenvalue weighted by molar-refractivity contribution is 7.91. The number of aromatic nitrogens is 3. The van der Waals surface area contributed by atoms with Gasteiger partial charge in [0, 0.05) is 13.1 Å². The summed E-state index contributed by atoms with van der Waals surface area (Å²) in [6, 6.07) is 7.72. The lowest BCUT2D eigenvalue weighted by molar-refractivity contribution is 0.190. The molecule has 0 radical (unpaired) electrons. The van der Waals surface area contributed by atoms with Gasteiger partial charge in [0.15, 0.2) is 0 Å². The van der Waals surface area contributed by atoms with Crippen molar-refractivity contribution >= 4 is 15.9 Å². The van der Waals surface area contributed by atoms with Crippen LogP contribution in [-0.4, -0.2) is 45.9 Å². The van der Waals surface area contributed by atoms with Crippen LogP contribution in [0.25, 0.3) is 0 Å². The van der Waals surface area contributed by atoms with E-state index in [1.54, 1.807) is 4.90 Å². The van der Waals surface area contributed by atoms with Crippen molar-refractivity contribution in [2.24, 2.45) is 11.8 Å². The highest BCUT2D eigenvalue weighted by Gasteiger charge is 2.48. The van der Waals surface area contributed by atoms with E-state index in [2.05, 4.69) is 16.1 Å². The SMILES string of the molecule is O=C(N1CCc2ccccc2C1)n1cnc(S(=O)(=O)[C@@H]2C[C@H]3CC[C@@H]2C3)n1. The minimum absolute atomic E-state index is 0.203. The van der Waals surface area contributed by atoms with Gasteiger partial charge in [0.2, 0.25) is 9.84 Å². The van der Waals surface area contributed by atoms with Crippen LogP contribution in [0.3, 0.4) is 0 Å². The number of hydrogen-bond donors (Lipinski definition) is 0. The zero-order chi connectivity index (χ0) is 18.6. The third-order valence-corrected chi connectivity index (χ3v) is 8.46. The van der Waals surface area contributed by atoms with Crippen molar-refractivity contribution in [1.82, 2.24) is 19.7 Å². The van der Waals surface area contributed by atoms with Crippen LogP contribution in [0.2, 0.25) is 0 Å². The van der Waals surface area contributed by atoms with E-state index in [0.29, 0.717) is 25.4 Å². The van der Waals surface area contributed by atoms with Crippen LogP contribution in [0.4, 0.5) is 4.79 Å². The van der Waals surface area contributed by atoms with Crippen LogP contribution in [0.1, 0.15) is 36.8 Å². The van der Waals surface area contributed by atoms with Crippen LogP contribution in [0, 0.1) is 11.8 Å². The second-order valence-corrected chi connectivity index (χ2v) is 10.0. The van der Waals surface area contributed by atoms with Gasteiger partial charge in [-0.1, -0.05) is 30.7 Å². The molecule has 0 saturated heterocycles. The summed E-state index contributed by atoms with van der Waals surface area (Å²) in [5.41, 5.74) is 2.37. The second-order valence-electron chi connectivity index (χ2n) is 7.95. The van der Waals surface area contributed by atoms with Crippen molar-refractivity contribution in [3.63, 3.8) is 0 Å². The highest BCUT2D eigenvalue weighted by Crippen LogP contribution is 2.48. The molecule has 1 aromatic carbocycles. The van der Waals surface area contributed by atoms with Crippen LogP contribution in [-0.2, 0) is 22.8 Å². The average Bonchev–Trinajstić information content (AvgIpc) is 3.43. The molecule has 8 heteroatoms. The summed E-state index contributed by atoms with van der Waals surface area (Å²) < 4.78 is 27.0. The zero-order valence-electron chi connectivity index (χ0n) is 15.0. The van der Waals surface area contributed by atoms with Gasteiger partial charge in [-0.3, -0.25) is 0 Å². The van der Waals surface area contributed by atoms with Crippen LogP contribution < -0.4 is 0 Å². The lowest BCUT2D eigenvalue weighted by atomic mass is 10.0. The van der Waals surface area contributed by atoms with Crippen molar-refractivity contribution in [1.29, 1.82) is 0 Å². The Bertz CT molecular complexity index is 1000. The van der Waals surface area contributed by atoms with Gasteiger partial charge in [-0.15, -0.1) is 5.10 Å². The topological polar surface area (TPSA) is 85.2 Å². The molecule has 2 bridgehead atoms. The number of fused-ring (bicyclic) bond motifs is 3. The smallest absolute Gasteiger partial charge is 0.318 e. The number of carbonyl (C=O) groups is 1. The molecule has 1 aliphatic heterocycles. The maximum atomic E-state index is 12.9. The molecule has 2 saturated carbocycles. The maximum absolute atomic E-state index is 12.9. The molecule has 2 aliphatic carbocycles. The molecular formula is C19H22N4O3S. The summed E-state index contributed by atoms with van der Waals surface area (Å²) in [6.45, 7) is 1.09. The van der Waals surface area contributed by atoms with Gasteiger partial charge in [-0.25, -0.2) is 18.2 Å². The third kappa shape index (κ3) is 2.77. The Kier molecular flexibility index (Phi) is 3.86. The zero-order valence-corrected chi connectivity index (χ0v) is 15.8. The fraction of sp³-hybridized carbons (Fsp3) is 0.526. The summed E-state index contributed by atoms with van der Waals surface area (Å²) in [5, 5.41) is 3.48. The molecule has 7 nitrogen and oxygen atoms in total. The van der Waals surface area contributed by atoms with Crippen molar-refractivity contribution < 1.29 is 13.2 Å². The van der Waals surface area contributed by atoms with E-state index in [4.69, 9.17) is 0 Å². The Morgan fingerprint density at radius 1 is 1.11 bits per heavy atom. The quantitative estimate of drug-likeness (QED) is 0.790. The van der Waals surface area contributed by atoms with Crippen molar-refractivity contribution in [3.05, 3.63) is 41.7 Å². The monoisotopic (exact) mass is 386 g/mol. The molecule has 0 spiro atoms. The largest absolute Gasteiger partial charge is 0.346 e. The average molecular weight is 386 g/mol. The predicted octanol–water partition coefficient (Wildman–Crippen LogP) is 2.27. The normalized spacial score (nSPS) is 27.0. The second kappa shape index (κ2) is 6.15. The first-order chi connectivity index (χ1) is 13.0. The maximum Gasteiger partial charge on any atom is 0.346 e. The van der Waals surface area contributed by atoms with E-state index in [0.717, 1.165) is 35.9 Å². The van der Waals surface area contributed by atoms with Gasteiger partial charge < -0.3 is 4.90 Å². The van der Waals surface area contributed by atoms with Crippen LogP contribution in [0.15, 0.2) is 35.7 Å². The van der Waals surface area contributed by atoms with Gasteiger partial charge in [0.25, 0.3) is 5.16 Å². The van der Waals surface area contributed by atoms with E-state index >= 15 is 0 Å². The standard InChI is InChI=1S/C19H22N4O3S/c24-19(22-8-7-14-3-1-2-4-16(14)11-22)23-12-20-18(21-23)27(25,26)17-10-13-5-6-15(17)9-13/h1-4,12-13,15,17H,5-11H2/t13-,15+,17+/m0/s1. The van der Waals surface area contributed by atoms with E-state index in [1.165, 1.54) is 11.9 Å². The summed E-state index contributed by atoms with van der Waals surface area (Å²) in [7, 11) is -3.58. The molecule has 1 aromatic heterocycles. The predicted molar refractivity (Wildman–Crippen MR) is 97.8 cm³/mol. The van der Waals surface area contributed by atoms with E-state index in [1.807, 2.05) is 18.2 Å².